The number of hydrogen-bond donors (Lipinski definition) is 1. The summed E-state index contributed by atoms with van der Waals surface area (Å²) in [4.78, 5) is 0. The third-order valence-corrected chi connectivity index (χ3v) is 3.49. The van der Waals surface area contributed by atoms with Gasteiger partial charge in [-0.25, -0.2) is 8.78 Å². The SMILES string of the molecule is Cc1cccc(CC(CN)Cc2c(F)cccc2F)c1. The van der Waals surface area contributed by atoms with Gasteiger partial charge in [0.05, 0.1) is 0 Å². The van der Waals surface area contributed by atoms with Crippen LogP contribution < -0.4 is 5.73 Å². The van der Waals surface area contributed by atoms with Crippen LogP contribution in [0.2, 0.25) is 0 Å². The standard InChI is InChI=1S/C17H19F2N/c1-12-4-2-5-13(8-12)9-14(11-20)10-15-16(18)6-3-7-17(15)19/h2-8,14H,9-11,20H2,1H3. The second kappa shape index (κ2) is 6.62. The summed E-state index contributed by atoms with van der Waals surface area (Å²) in [5.74, 6) is -0.955. The minimum Gasteiger partial charge on any atom is -0.330 e. The molecule has 0 saturated heterocycles. The highest BCUT2D eigenvalue weighted by Crippen LogP contribution is 2.19. The average molecular weight is 275 g/mol. The maximum absolute atomic E-state index is 13.7. The van der Waals surface area contributed by atoms with Crippen molar-refractivity contribution in [1.82, 2.24) is 0 Å². The Labute approximate surface area is 118 Å². The summed E-state index contributed by atoms with van der Waals surface area (Å²) >= 11 is 0. The predicted octanol–water partition coefficient (Wildman–Crippen LogP) is 3.63. The maximum atomic E-state index is 13.7. The molecule has 2 rings (SSSR count). The molecule has 0 aliphatic rings. The van der Waals surface area contributed by atoms with Crippen molar-refractivity contribution < 1.29 is 8.78 Å². The van der Waals surface area contributed by atoms with Gasteiger partial charge in [0.15, 0.2) is 0 Å². The number of nitrogens with two attached hydrogens (primary N) is 1. The van der Waals surface area contributed by atoms with Crippen molar-refractivity contribution in [3.8, 4) is 0 Å². The lowest BCUT2D eigenvalue weighted by Gasteiger charge is -2.16. The second-order valence-corrected chi connectivity index (χ2v) is 5.20. The lowest BCUT2D eigenvalue weighted by atomic mass is 9.91. The van der Waals surface area contributed by atoms with Crippen LogP contribution >= 0.6 is 0 Å². The highest BCUT2D eigenvalue weighted by Gasteiger charge is 2.15. The van der Waals surface area contributed by atoms with E-state index in [0.29, 0.717) is 13.0 Å². The van der Waals surface area contributed by atoms with E-state index >= 15 is 0 Å². The Hall–Kier alpha value is -1.74. The van der Waals surface area contributed by atoms with Crippen molar-refractivity contribution in [3.05, 3.63) is 70.8 Å². The third kappa shape index (κ3) is 3.64. The van der Waals surface area contributed by atoms with Crippen LogP contribution in [0.15, 0.2) is 42.5 Å². The zero-order valence-electron chi connectivity index (χ0n) is 11.6. The molecule has 0 heterocycles. The van der Waals surface area contributed by atoms with Crippen molar-refractivity contribution in [1.29, 1.82) is 0 Å². The molecule has 0 aliphatic heterocycles. The molecule has 0 saturated carbocycles. The van der Waals surface area contributed by atoms with Gasteiger partial charge in [-0.2, -0.15) is 0 Å². The molecule has 2 N–H and O–H groups in total. The maximum Gasteiger partial charge on any atom is 0.129 e. The summed E-state index contributed by atoms with van der Waals surface area (Å²) in [5.41, 5.74) is 8.22. The van der Waals surface area contributed by atoms with Crippen molar-refractivity contribution >= 4 is 0 Å². The molecule has 2 aromatic carbocycles. The number of rotatable bonds is 5. The van der Waals surface area contributed by atoms with Gasteiger partial charge in [0.25, 0.3) is 0 Å². The first-order chi connectivity index (χ1) is 9.60. The van der Waals surface area contributed by atoms with Gasteiger partial charge < -0.3 is 5.73 Å². The second-order valence-electron chi connectivity index (χ2n) is 5.20. The highest BCUT2D eigenvalue weighted by molar-refractivity contribution is 5.24. The number of benzene rings is 2. The molecule has 1 atom stereocenters. The summed E-state index contributed by atoms with van der Waals surface area (Å²) in [6.45, 7) is 2.43. The third-order valence-electron chi connectivity index (χ3n) is 3.49. The van der Waals surface area contributed by atoms with E-state index in [4.69, 9.17) is 5.73 Å². The molecule has 0 aliphatic carbocycles. The number of aryl methyl sites for hydroxylation is 1. The van der Waals surface area contributed by atoms with Crippen molar-refractivity contribution in [2.75, 3.05) is 6.54 Å². The monoisotopic (exact) mass is 275 g/mol. The summed E-state index contributed by atoms with van der Waals surface area (Å²) in [6.07, 6.45) is 1.05. The molecule has 0 aromatic heterocycles. The summed E-state index contributed by atoms with van der Waals surface area (Å²) in [5, 5.41) is 0. The quantitative estimate of drug-likeness (QED) is 0.886. The van der Waals surface area contributed by atoms with Crippen LogP contribution in [-0.4, -0.2) is 6.54 Å². The molecule has 0 spiro atoms. The molecule has 0 fully saturated rings. The summed E-state index contributed by atoms with van der Waals surface area (Å²) in [6, 6.07) is 12.1. The van der Waals surface area contributed by atoms with E-state index in [0.717, 1.165) is 12.0 Å². The van der Waals surface area contributed by atoms with Crippen LogP contribution in [0.1, 0.15) is 16.7 Å². The topological polar surface area (TPSA) is 26.0 Å². The Morgan fingerprint density at radius 1 is 1.00 bits per heavy atom. The lowest BCUT2D eigenvalue weighted by molar-refractivity contribution is 0.485. The number of halogens is 2. The van der Waals surface area contributed by atoms with Gasteiger partial charge in [0, 0.05) is 5.56 Å². The van der Waals surface area contributed by atoms with E-state index in [-0.39, 0.29) is 11.5 Å². The predicted molar refractivity (Wildman–Crippen MR) is 77.5 cm³/mol. The fourth-order valence-corrected chi connectivity index (χ4v) is 2.43. The van der Waals surface area contributed by atoms with Gasteiger partial charge in [0.1, 0.15) is 11.6 Å². The summed E-state index contributed by atoms with van der Waals surface area (Å²) < 4.78 is 27.3. The van der Waals surface area contributed by atoms with Crippen LogP contribution in [0.4, 0.5) is 8.78 Å². The van der Waals surface area contributed by atoms with E-state index in [9.17, 15) is 8.78 Å². The highest BCUT2D eigenvalue weighted by atomic mass is 19.1. The smallest absolute Gasteiger partial charge is 0.129 e. The van der Waals surface area contributed by atoms with Gasteiger partial charge >= 0.3 is 0 Å². The van der Waals surface area contributed by atoms with Gasteiger partial charge in [-0.3, -0.25) is 0 Å². The normalized spacial score (nSPS) is 12.4. The van der Waals surface area contributed by atoms with Crippen molar-refractivity contribution in [2.45, 2.75) is 19.8 Å². The van der Waals surface area contributed by atoms with E-state index in [1.54, 1.807) is 0 Å². The fraction of sp³-hybridized carbons (Fsp3) is 0.294. The van der Waals surface area contributed by atoms with Crippen molar-refractivity contribution in [2.24, 2.45) is 11.7 Å². The zero-order chi connectivity index (χ0) is 14.5. The van der Waals surface area contributed by atoms with Crippen LogP contribution in [0.5, 0.6) is 0 Å². The molecular formula is C17H19F2N. The molecule has 20 heavy (non-hydrogen) atoms. The van der Waals surface area contributed by atoms with E-state index in [1.165, 1.54) is 23.8 Å². The Morgan fingerprint density at radius 3 is 2.25 bits per heavy atom. The fourth-order valence-electron chi connectivity index (χ4n) is 2.43. The molecular weight excluding hydrogens is 256 g/mol. The van der Waals surface area contributed by atoms with Crippen molar-refractivity contribution in [3.63, 3.8) is 0 Å². The summed E-state index contributed by atoms with van der Waals surface area (Å²) in [7, 11) is 0. The molecule has 2 aromatic rings. The van der Waals surface area contributed by atoms with Gasteiger partial charge in [-0.05, 0) is 49.9 Å². The first-order valence-electron chi connectivity index (χ1n) is 6.78. The Kier molecular flexibility index (Phi) is 4.85. The Balaban J connectivity index is 2.13. The molecule has 0 bridgehead atoms. The number of hydrogen-bond acceptors (Lipinski definition) is 1. The molecule has 1 unspecified atom stereocenters. The Morgan fingerprint density at radius 2 is 1.65 bits per heavy atom. The van der Waals surface area contributed by atoms with Crippen LogP contribution in [0.25, 0.3) is 0 Å². The van der Waals surface area contributed by atoms with Crippen LogP contribution in [0.3, 0.4) is 0 Å². The van der Waals surface area contributed by atoms with E-state index < -0.39 is 11.6 Å². The largest absolute Gasteiger partial charge is 0.330 e. The van der Waals surface area contributed by atoms with Crippen LogP contribution in [-0.2, 0) is 12.8 Å². The van der Waals surface area contributed by atoms with Gasteiger partial charge in [0.2, 0.25) is 0 Å². The average Bonchev–Trinajstić information content (AvgIpc) is 2.42. The van der Waals surface area contributed by atoms with Gasteiger partial charge in [-0.1, -0.05) is 35.9 Å². The molecule has 106 valence electrons. The minimum absolute atomic E-state index is 0.0307. The van der Waals surface area contributed by atoms with E-state index in [1.807, 2.05) is 25.1 Å². The van der Waals surface area contributed by atoms with Gasteiger partial charge in [-0.15, -0.1) is 0 Å². The first kappa shape index (κ1) is 14.7. The zero-order valence-corrected chi connectivity index (χ0v) is 11.6. The van der Waals surface area contributed by atoms with Crippen LogP contribution in [0, 0.1) is 24.5 Å². The molecule has 1 nitrogen and oxygen atoms in total. The molecule has 3 heteroatoms. The van der Waals surface area contributed by atoms with E-state index in [2.05, 4.69) is 6.07 Å². The molecule has 0 radical (unpaired) electrons. The lowest BCUT2D eigenvalue weighted by Crippen LogP contribution is -2.20. The Bertz CT molecular complexity index is 561. The first-order valence-corrected chi connectivity index (χ1v) is 6.78. The minimum atomic E-state index is -0.493. The molecule has 0 amide bonds.